The first-order valence-electron chi connectivity index (χ1n) is 5.75. The minimum absolute atomic E-state index is 0.0968. The van der Waals surface area contributed by atoms with Crippen molar-refractivity contribution in [2.24, 2.45) is 5.92 Å². The fourth-order valence-corrected chi connectivity index (χ4v) is 2.59. The highest BCUT2D eigenvalue weighted by atomic mass is 19.2. The van der Waals surface area contributed by atoms with Crippen molar-refractivity contribution in [3.8, 4) is 0 Å². The number of epoxide rings is 1. The van der Waals surface area contributed by atoms with E-state index in [9.17, 15) is 18.0 Å². The Balaban J connectivity index is 2.03. The van der Waals surface area contributed by atoms with Gasteiger partial charge in [-0.15, -0.1) is 0 Å². The summed E-state index contributed by atoms with van der Waals surface area (Å²) < 4.78 is 45.1. The van der Waals surface area contributed by atoms with Crippen molar-refractivity contribution in [1.82, 2.24) is 5.32 Å². The van der Waals surface area contributed by atoms with Crippen LogP contribution in [-0.4, -0.2) is 30.0 Å². The molecule has 4 unspecified atom stereocenters. The van der Waals surface area contributed by atoms with Crippen molar-refractivity contribution in [1.29, 1.82) is 0 Å². The van der Waals surface area contributed by atoms with E-state index in [0.717, 1.165) is 6.07 Å². The number of carbonyl (C=O) groups is 1. The first-order chi connectivity index (χ1) is 8.99. The van der Waals surface area contributed by atoms with Crippen LogP contribution in [0.5, 0.6) is 0 Å². The molecule has 0 spiro atoms. The van der Waals surface area contributed by atoms with Crippen molar-refractivity contribution in [2.75, 3.05) is 6.54 Å². The van der Waals surface area contributed by atoms with Gasteiger partial charge in [-0.1, -0.05) is 0 Å². The summed E-state index contributed by atoms with van der Waals surface area (Å²) in [6, 6.07) is 1.15. The molecule has 2 N–H and O–H groups in total. The molecule has 4 atom stereocenters. The highest BCUT2D eigenvalue weighted by molar-refractivity contribution is 5.72. The van der Waals surface area contributed by atoms with Gasteiger partial charge in [-0.05, 0) is 11.6 Å². The second kappa shape index (κ2) is 4.21. The molecule has 102 valence electrons. The van der Waals surface area contributed by atoms with Gasteiger partial charge in [-0.2, -0.15) is 0 Å². The van der Waals surface area contributed by atoms with E-state index in [1.165, 1.54) is 0 Å². The molecule has 2 aliphatic heterocycles. The number of nitrogens with one attached hydrogen (secondary N) is 1. The second-order valence-corrected chi connectivity index (χ2v) is 4.69. The van der Waals surface area contributed by atoms with Crippen molar-refractivity contribution in [2.45, 2.75) is 18.2 Å². The van der Waals surface area contributed by atoms with Gasteiger partial charge in [0, 0.05) is 18.5 Å². The predicted molar refractivity (Wildman–Crippen MR) is 56.8 cm³/mol. The van der Waals surface area contributed by atoms with Crippen molar-refractivity contribution in [3.63, 3.8) is 0 Å². The standard InChI is InChI=1S/C12H10F3NO3/c13-6-2-8(15)7(14)1-4(6)9-5(12(17)18)3-16-11-10(9)19-11/h1-2,5,9-11,16H,3H2,(H,17,18). The topological polar surface area (TPSA) is 61.9 Å². The molecular weight excluding hydrogens is 263 g/mol. The SMILES string of the molecule is O=C(O)C1CNC2OC2C1c1cc(F)c(F)cc1F. The maximum absolute atomic E-state index is 13.8. The molecule has 0 radical (unpaired) electrons. The van der Waals surface area contributed by atoms with Crippen LogP contribution in [0.25, 0.3) is 0 Å². The van der Waals surface area contributed by atoms with Crippen molar-refractivity contribution >= 4 is 5.97 Å². The number of hydrogen-bond donors (Lipinski definition) is 2. The minimum atomic E-state index is -1.30. The lowest BCUT2D eigenvalue weighted by Crippen LogP contribution is -2.42. The van der Waals surface area contributed by atoms with Crippen LogP contribution in [0.2, 0.25) is 0 Å². The monoisotopic (exact) mass is 273 g/mol. The number of ether oxygens (including phenoxy) is 1. The van der Waals surface area contributed by atoms with E-state index in [-0.39, 0.29) is 18.3 Å². The Morgan fingerprint density at radius 2 is 1.95 bits per heavy atom. The number of piperidine rings is 1. The molecule has 4 nitrogen and oxygen atoms in total. The normalized spacial score (nSPS) is 32.8. The molecule has 0 aliphatic carbocycles. The Morgan fingerprint density at radius 1 is 1.26 bits per heavy atom. The maximum Gasteiger partial charge on any atom is 0.308 e. The lowest BCUT2D eigenvalue weighted by Gasteiger charge is -2.26. The molecule has 1 aromatic rings. The zero-order chi connectivity index (χ0) is 13.7. The predicted octanol–water partition coefficient (Wildman–Crippen LogP) is 1.22. The molecule has 1 aromatic carbocycles. The molecule has 19 heavy (non-hydrogen) atoms. The molecule has 2 fully saturated rings. The van der Waals surface area contributed by atoms with Crippen molar-refractivity contribution in [3.05, 3.63) is 35.1 Å². The largest absolute Gasteiger partial charge is 0.481 e. The molecule has 7 heteroatoms. The zero-order valence-electron chi connectivity index (χ0n) is 9.57. The van der Waals surface area contributed by atoms with Gasteiger partial charge in [0.2, 0.25) is 0 Å². The average molecular weight is 273 g/mol. The molecule has 2 heterocycles. The molecule has 0 bridgehead atoms. The van der Waals surface area contributed by atoms with Crippen LogP contribution in [-0.2, 0) is 9.53 Å². The highest BCUT2D eigenvalue weighted by Gasteiger charge is 2.54. The van der Waals surface area contributed by atoms with Crippen LogP contribution in [0, 0.1) is 23.4 Å². The number of carboxylic acid groups (broad SMARTS) is 1. The summed E-state index contributed by atoms with van der Waals surface area (Å²) in [5, 5.41) is 12.0. The van der Waals surface area contributed by atoms with Gasteiger partial charge < -0.3 is 9.84 Å². The van der Waals surface area contributed by atoms with E-state index in [1.807, 2.05) is 0 Å². The fourth-order valence-electron chi connectivity index (χ4n) is 2.59. The third-order valence-corrected chi connectivity index (χ3v) is 3.57. The number of aliphatic carboxylic acids is 1. The van der Waals surface area contributed by atoms with Crippen molar-refractivity contribution < 1.29 is 27.8 Å². The van der Waals surface area contributed by atoms with E-state index in [1.54, 1.807) is 0 Å². The average Bonchev–Trinajstić information content (AvgIpc) is 3.11. The summed E-state index contributed by atoms with van der Waals surface area (Å²) in [5.74, 6) is -6.34. The van der Waals surface area contributed by atoms with Crippen LogP contribution in [0.15, 0.2) is 12.1 Å². The van der Waals surface area contributed by atoms with E-state index >= 15 is 0 Å². The molecule has 0 saturated carbocycles. The molecule has 2 aliphatic rings. The smallest absolute Gasteiger partial charge is 0.308 e. The molecule has 3 rings (SSSR count). The lowest BCUT2D eigenvalue weighted by atomic mass is 9.80. The summed E-state index contributed by atoms with van der Waals surface area (Å²) in [4.78, 5) is 11.2. The van der Waals surface area contributed by atoms with E-state index in [0.29, 0.717) is 6.07 Å². The molecule has 0 amide bonds. The summed E-state index contributed by atoms with van der Waals surface area (Å²) in [7, 11) is 0. The minimum Gasteiger partial charge on any atom is -0.481 e. The van der Waals surface area contributed by atoms with E-state index < -0.39 is 41.4 Å². The Kier molecular flexibility index (Phi) is 2.75. The van der Waals surface area contributed by atoms with Gasteiger partial charge in [-0.3, -0.25) is 10.1 Å². The maximum atomic E-state index is 13.8. The second-order valence-electron chi connectivity index (χ2n) is 4.69. The quantitative estimate of drug-likeness (QED) is 0.628. The van der Waals surface area contributed by atoms with Gasteiger partial charge in [-0.25, -0.2) is 13.2 Å². The number of halogens is 3. The van der Waals surface area contributed by atoms with Gasteiger partial charge in [0.05, 0.1) is 5.92 Å². The third kappa shape index (κ3) is 1.98. The lowest BCUT2D eigenvalue weighted by molar-refractivity contribution is -0.142. The van der Waals surface area contributed by atoms with Gasteiger partial charge in [0.1, 0.15) is 18.1 Å². The Hall–Kier alpha value is -1.60. The van der Waals surface area contributed by atoms with Gasteiger partial charge >= 0.3 is 5.97 Å². The third-order valence-electron chi connectivity index (χ3n) is 3.57. The highest BCUT2D eigenvalue weighted by Crippen LogP contribution is 2.44. The van der Waals surface area contributed by atoms with Crippen LogP contribution in [0.4, 0.5) is 13.2 Å². The summed E-state index contributed by atoms with van der Waals surface area (Å²) >= 11 is 0. The first-order valence-corrected chi connectivity index (χ1v) is 5.75. The number of carboxylic acids is 1. The first kappa shape index (κ1) is 12.4. The number of rotatable bonds is 2. The molecule has 0 aromatic heterocycles. The van der Waals surface area contributed by atoms with Gasteiger partial charge in [0.25, 0.3) is 0 Å². The number of benzene rings is 1. The van der Waals surface area contributed by atoms with Crippen LogP contribution in [0.1, 0.15) is 11.5 Å². The van der Waals surface area contributed by atoms with E-state index in [4.69, 9.17) is 9.84 Å². The van der Waals surface area contributed by atoms with Crippen LogP contribution >= 0.6 is 0 Å². The number of fused-ring (bicyclic) bond motifs is 1. The Labute approximate surface area is 106 Å². The summed E-state index contributed by atoms with van der Waals surface area (Å²) in [6.45, 7) is 0.0968. The summed E-state index contributed by atoms with van der Waals surface area (Å²) in [6.07, 6.45) is -0.859. The number of hydrogen-bond acceptors (Lipinski definition) is 3. The van der Waals surface area contributed by atoms with E-state index in [2.05, 4.69) is 5.32 Å². The van der Waals surface area contributed by atoms with Crippen LogP contribution < -0.4 is 5.32 Å². The Morgan fingerprint density at radius 3 is 2.63 bits per heavy atom. The Bertz CT molecular complexity index is 551. The van der Waals surface area contributed by atoms with Crippen LogP contribution in [0.3, 0.4) is 0 Å². The molecule has 2 saturated heterocycles. The molecular formula is C12H10F3NO3. The summed E-state index contributed by atoms with van der Waals surface area (Å²) in [5.41, 5.74) is -0.152. The fraction of sp³-hybridized carbons (Fsp3) is 0.417. The zero-order valence-corrected chi connectivity index (χ0v) is 9.57. The van der Waals surface area contributed by atoms with Gasteiger partial charge in [0.15, 0.2) is 11.6 Å².